The first-order chi connectivity index (χ1) is 3.72. The summed E-state index contributed by atoms with van der Waals surface area (Å²) in [6.07, 6.45) is 2.48. The molecule has 0 aromatic carbocycles. The van der Waals surface area contributed by atoms with Crippen LogP contribution in [0.5, 0.6) is 0 Å². The van der Waals surface area contributed by atoms with Gasteiger partial charge in [0.05, 0.1) is 6.04 Å². The summed E-state index contributed by atoms with van der Waals surface area (Å²) in [6, 6.07) is 0.759. The molecule has 0 amide bonds. The minimum Gasteiger partial charge on any atom is -0.468 e. The van der Waals surface area contributed by atoms with E-state index in [2.05, 4.69) is 27.9 Å². The first-order valence-electron chi connectivity index (χ1n) is 3.37. The second-order valence-electron chi connectivity index (χ2n) is 2.36. The molecule has 0 aliphatic carbocycles. The van der Waals surface area contributed by atoms with Gasteiger partial charge in [-0.15, -0.1) is 0 Å². The van der Waals surface area contributed by atoms with Gasteiger partial charge in [-0.1, -0.05) is 13.8 Å². The molecule has 50 valence electrons. The number of hydrogen-bond donors (Lipinski definition) is 1. The Bertz CT molecular complexity index is 46.3. The predicted molar refractivity (Wildman–Crippen MR) is 36.6 cm³/mol. The van der Waals surface area contributed by atoms with Crippen molar-refractivity contribution in [2.45, 2.75) is 32.7 Å². The third kappa shape index (κ3) is 2.31. The van der Waals surface area contributed by atoms with Gasteiger partial charge in [-0.05, 0) is 12.8 Å². The van der Waals surface area contributed by atoms with E-state index in [1.807, 2.05) is 0 Å². The first-order valence-corrected chi connectivity index (χ1v) is 3.37. The molecule has 0 rings (SSSR count). The molecule has 0 heterocycles. The van der Waals surface area contributed by atoms with Gasteiger partial charge in [0.2, 0.25) is 0 Å². The lowest BCUT2D eigenvalue weighted by molar-refractivity contribution is -0.860. The second-order valence-corrected chi connectivity index (χ2v) is 2.36. The van der Waals surface area contributed by atoms with Crippen LogP contribution in [0, 0.1) is 7.05 Å². The standard InChI is InChI=1S/C7H17N/c1-5-7(6-2)8(3)4/h7-8H,3,5-6H2,1-2,4H3. The molecule has 1 atom stereocenters. The van der Waals surface area contributed by atoms with E-state index in [4.69, 9.17) is 0 Å². The van der Waals surface area contributed by atoms with Crippen LogP contribution in [0.15, 0.2) is 0 Å². The summed E-state index contributed by atoms with van der Waals surface area (Å²) in [7, 11) is 6.01. The SMILES string of the molecule is [CH2-][NH+](C)C(CC)CC. The summed E-state index contributed by atoms with van der Waals surface area (Å²) >= 11 is 0. The smallest absolute Gasteiger partial charge is 0.0627 e. The summed E-state index contributed by atoms with van der Waals surface area (Å²) in [4.78, 5) is 1.33. The normalized spacial score (nSPS) is 14.6. The fourth-order valence-electron chi connectivity index (χ4n) is 0.986. The van der Waals surface area contributed by atoms with Crippen molar-refractivity contribution in [3.8, 4) is 0 Å². The lowest BCUT2D eigenvalue weighted by Crippen LogP contribution is -3.07. The maximum absolute atomic E-state index is 3.90. The van der Waals surface area contributed by atoms with Crippen LogP contribution >= 0.6 is 0 Å². The summed E-state index contributed by atoms with van der Waals surface area (Å²) in [5.74, 6) is 0. The average molecular weight is 115 g/mol. The van der Waals surface area contributed by atoms with Gasteiger partial charge >= 0.3 is 0 Å². The number of hydrogen-bond acceptors (Lipinski definition) is 0. The molecule has 0 fully saturated rings. The molecule has 1 heteroatoms. The molecule has 1 nitrogen and oxygen atoms in total. The van der Waals surface area contributed by atoms with Gasteiger partial charge in [0.1, 0.15) is 0 Å². The van der Waals surface area contributed by atoms with Crippen LogP contribution in [-0.2, 0) is 0 Å². The van der Waals surface area contributed by atoms with Crippen LogP contribution in [0.3, 0.4) is 0 Å². The Morgan fingerprint density at radius 1 is 1.38 bits per heavy atom. The van der Waals surface area contributed by atoms with Crippen molar-refractivity contribution < 1.29 is 4.90 Å². The fraction of sp³-hybridized carbons (Fsp3) is 0.857. The molecule has 0 spiro atoms. The van der Waals surface area contributed by atoms with Crippen molar-refractivity contribution in [2.75, 3.05) is 7.05 Å². The predicted octanol–water partition coefficient (Wildman–Crippen LogP) is 0.481. The third-order valence-electron chi connectivity index (χ3n) is 1.68. The zero-order valence-electron chi connectivity index (χ0n) is 6.20. The van der Waals surface area contributed by atoms with Crippen LogP contribution in [0.25, 0.3) is 0 Å². The van der Waals surface area contributed by atoms with E-state index in [9.17, 15) is 0 Å². The van der Waals surface area contributed by atoms with E-state index in [1.165, 1.54) is 17.7 Å². The van der Waals surface area contributed by atoms with Crippen molar-refractivity contribution in [2.24, 2.45) is 0 Å². The Hall–Kier alpha value is -0.0400. The number of nitrogens with one attached hydrogen (secondary N) is 1. The van der Waals surface area contributed by atoms with E-state index >= 15 is 0 Å². The van der Waals surface area contributed by atoms with Crippen LogP contribution in [0.1, 0.15) is 26.7 Å². The summed E-state index contributed by atoms with van der Waals surface area (Å²) in [5.41, 5.74) is 0. The maximum atomic E-state index is 3.90. The number of quaternary nitrogens is 1. The van der Waals surface area contributed by atoms with Crippen LogP contribution in [0.2, 0.25) is 0 Å². The average Bonchev–Trinajstić information content (AvgIpc) is 1.69. The van der Waals surface area contributed by atoms with Crippen molar-refractivity contribution in [3.05, 3.63) is 7.05 Å². The Balaban J connectivity index is 3.35. The Kier molecular flexibility index (Phi) is 3.88. The Morgan fingerprint density at radius 2 is 1.75 bits per heavy atom. The highest BCUT2D eigenvalue weighted by molar-refractivity contribution is 4.46. The molecule has 0 saturated carbocycles. The van der Waals surface area contributed by atoms with Gasteiger partial charge < -0.3 is 4.90 Å². The van der Waals surface area contributed by atoms with Gasteiger partial charge in [-0.2, -0.15) is 7.05 Å². The summed E-state index contributed by atoms with van der Waals surface area (Å²) in [6.45, 7) is 4.42. The molecule has 0 aromatic rings. The largest absolute Gasteiger partial charge is 0.468 e. The highest BCUT2D eigenvalue weighted by Gasteiger charge is 2.02. The summed E-state index contributed by atoms with van der Waals surface area (Å²) < 4.78 is 0. The topological polar surface area (TPSA) is 4.44 Å². The Labute approximate surface area is 52.7 Å². The van der Waals surface area contributed by atoms with Crippen molar-refractivity contribution >= 4 is 0 Å². The Morgan fingerprint density at radius 3 is 1.75 bits per heavy atom. The number of rotatable bonds is 3. The van der Waals surface area contributed by atoms with E-state index in [-0.39, 0.29) is 0 Å². The van der Waals surface area contributed by atoms with E-state index < -0.39 is 0 Å². The lowest BCUT2D eigenvalue weighted by atomic mass is 10.1. The van der Waals surface area contributed by atoms with Crippen molar-refractivity contribution in [1.82, 2.24) is 0 Å². The van der Waals surface area contributed by atoms with Gasteiger partial charge in [-0.3, -0.25) is 0 Å². The van der Waals surface area contributed by atoms with E-state index in [0.717, 1.165) is 6.04 Å². The highest BCUT2D eigenvalue weighted by atomic mass is 15.1. The van der Waals surface area contributed by atoms with Crippen molar-refractivity contribution in [3.63, 3.8) is 0 Å². The molecule has 1 N–H and O–H groups in total. The van der Waals surface area contributed by atoms with Crippen LogP contribution in [0.4, 0.5) is 0 Å². The van der Waals surface area contributed by atoms with Gasteiger partial charge in [0.25, 0.3) is 0 Å². The third-order valence-corrected chi connectivity index (χ3v) is 1.68. The molecule has 0 aliphatic heterocycles. The first kappa shape index (κ1) is 7.96. The molecule has 0 bridgehead atoms. The molecular weight excluding hydrogens is 98.1 g/mol. The molecule has 0 radical (unpaired) electrons. The van der Waals surface area contributed by atoms with E-state index in [0.29, 0.717) is 0 Å². The molecule has 1 unspecified atom stereocenters. The fourth-order valence-corrected chi connectivity index (χ4v) is 0.986. The lowest BCUT2D eigenvalue weighted by Gasteiger charge is -2.24. The molecular formula is C7H17N. The second kappa shape index (κ2) is 3.90. The molecule has 8 heavy (non-hydrogen) atoms. The zero-order valence-corrected chi connectivity index (χ0v) is 6.20. The van der Waals surface area contributed by atoms with Gasteiger partial charge in [0, 0.05) is 7.05 Å². The molecule has 0 aromatic heterocycles. The van der Waals surface area contributed by atoms with Gasteiger partial charge in [-0.25, -0.2) is 0 Å². The van der Waals surface area contributed by atoms with Crippen molar-refractivity contribution in [1.29, 1.82) is 0 Å². The minimum atomic E-state index is 0.759. The maximum Gasteiger partial charge on any atom is 0.0627 e. The molecule has 0 saturated heterocycles. The molecule has 0 aliphatic rings. The quantitative estimate of drug-likeness (QED) is 0.510. The summed E-state index contributed by atoms with van der Waals surface area (Å²) in [5, 5.41) is 0. The van der Waals surface area contributed by atoms with E-state index in [1.54, 1.807) is 0 Å². The van der Waals surface area contributed by atoms with Gasteiger partial charge in [0.15, 0.2) is 0 Å². The monoisotopic (exact) mass is 115 g/mol. The van der Waals surface area contributed by atoms with Crippen LogP contribution < -0.4 is 4.90 Å². The zero-order chi connectivity index (χ0) is 6.57. The van der Waals surface area contributed by atoms with Crippen LogP contribution in [-0.4, -0.2) is 13.1 Å². The highest BCUT2D eigenvalue weighted by Crippen LogP contribution is 1.88. The minimum absolute atomic E-state index is 0.759.